The molecule has 3 atom stereocenters. The van der Waals surface area contributed by atoms with Gasteiger partial charge >= 0.3 is 5.97 Å². The van der Waals surface area contributed by atoms with Crippen LogP contribution in [0.5, 0.6) is 0 Å². The molecule has 0 bridgehead atoms. The zero-order valence-corrected chi connectivity index (χ0v) is 12.5. The summed E-state index contributed by atoms with van der Waals surface area (Å²) in [6.07, 6.45) is 7.26. The van der Waals surface area contributed by atoms with Crippen LogP contribution in [-0.2, 0) is 14.3 Å². The van der Waals surface area contributed by atoms with Gasteiger partial charge in [-0.1, -0.05) is 32.1 Å². The standard InChI is InChI=1S/C16H25NO4/c18-15(19)8-12-10-17(6-7-21-12)16(20)14-9-13(14)11-4-2-1-3-5-11/h11-14H,1-10H2,(H,18,19)/t12-,13-,14+/m1/s1. The Morgan fingerprint density at radius 3 is 2.67 bits per heavy atom. The minimum absolute atomic E-state index is 0.0134. The number of carboxylic acids is 1. The van der Waals surface area contributed by atoms with Gasteiger partial charge in [0.2, 0.25) is 5.91 Å². The van der Waals surface area contributed by atoms with E-state index in [0.717, 1.165) is 12.3 Å². The van der Waals surface area contributed by atoms with Gasteiger partial charge in [0.05, 0.1) is 19.1 Å². The van der Waals surface area contributed by atoms with Crippen molar-refractivity contribution in [2.75, 3.05) is 19.7 Å². The zero-order valence-electron chi connectivity index (χ0n) is 12.5. The van der Waals surface area contributed by atoms with Crippen molar-refractivity contribution in [1.82, 2.24) is 4.90 Å². The van der Waals surface area contributed by atoms with Crippen LogP contribution in [0.2, 0.25) is 0 Å². The maximum absolute atomic E-state index is 12.6. The second-order valence-corrected chi connectivity index (χ2v) is 6.78. The third-order valence-electron chi connectivity index (χ3n) is 5.27. The lowest BCUT2D eigenvalue weighted by Crippen LogP contribution is -2.47. The Bertz CT molecular complexity index is 405. The van der Waals surface area contributed by atoms with Gasteiger partial charge in [-0.2, -0.15) is 0 Å². The number of carbonyl (C=O) groups is 2. The molecule has 0 radical (unpaired) electrons. The highest BCUT2D eigenvalue weighted by molar-refractivity contribution is 5.82. The van der Waals surface area contributed by atoms with Crippen LogP contribution in [0.4, 0.5) is 0 Å². The summed E-state index contributed by atoms with van der Waals surface area (Å²) in [5.41, 5.74) is 0. The summed E-state index contributed by atoms with van der Waals surface area (Å²) >= 11 is 0. The van der Waals surface area contributed by atoms with Crippen LogP contribution in [-0.4, -0.2) is 47.7 Å². The first-order chi connectivity index (χ1) is 10.1. The van der Waals surface area contributed by atoms with Crippen molar-refractivity contribution in [3.8, 4) is 0 Å². The molecular weight excluding hydrogens is 270 g/mol. The summed E-state index contributed by atoms with van der Waals surface area (Å²) in [7, 11) is 0. The molecule has 0 unspecified atom stereocenters. The SMILES string of the molecule is O=C(O)C[C@@H]1CN(C(=O)[C@H]2C[C@@H]2C2CCCCC2)CCO1. The number of morpholine rings is 1. The molecule has 2 saturated carbocycles. The van der Waals surface area contributed by atoms with Crippen molar-refractivity contribution in [3.05, 3.63) is 0 Å². The number of hydrogen-bond donors (Lipinski definition) is 1. The first-order valence-corrected chi connectivity index (χ1v) is 8.27. The second-order valence-electron chi connectivity index (χ2n) is 6.78. The number of rotatable bonds is 4. The van der Waals surface area contributed by atoms with Crippen LogP contribution in [0.3, 0.4) is 0 Å². The monoisotopic (exact) mass is 295 g/mol. The maximum Gasteiger partial charge on any atom is 0.306 e. The molecule has 5 heteroatoms. The Balaban J connectivity index is 1.50. The van der Waals surface area contributed by atoms with Crippen LogP contribution >= 0.6 is 0 Å². The Labute approximate surface area is 125 Å². The predicted molar refractivity (Wildman–Crippen MR) is 76.7 cm³/mol. The third-order valence-corrected chi connectivity index (χ3v) is 5.27. The molecule has 1 N–H and O–H groups in total. The van der Waals surface area contributed by atoms with Crippen LogP contribution in [0.15, 0.2) is 0 Å². The van der Waals surface area contributed by atoms with E-state index in [1.54, 1.807) is 0 Å². The Kier molecular flexibility index (Phi) is 4.48. The Hall–Kier alpha value is -1.10. The summed E-state index contributed by atoms with van der Waals surface area (Å²) in [4.78, 5) is 25.2. The lowest BCUT2D eigenvalue weighted by molar-refractivity contribution is -0.148. The fourth-order valence-corrected chi connectivity index (χ4v) is 4.05. The molecule has 0 aromatic rings. The molecular formula is C16H25NO4. The van der Waals surface area contributed by atoms with Gasteiger partial charge in [0.1, 0.15) is 0 Å². The van der Waals surface area contributed by atoms with Crippen molar-refractivity contribution in [1.29, 1.82) is 0 Å². The molecule has 1 aliphatic heterocycles. The molecule has 3 rings (SSSR count). The number of nitrogens with zero attached hydrogens (tertiary/aromatic N) is 1. The van der Waals surface area contributed by atoms with E-state index in [1.165, 1.54) is 32.1 Å². The van der Waals surface area contributed by atoms with Gasteiger partial charge in [-0.15, -0.1) is 0 Å². The topological polar surface area (TPSA) is 66.8 Å². The van der Waals surface area contributed by atoms with Gasteiger partial charge < -0.3 is 14.7 Å². The van der Waals surface area contributed by atoms with Crippen molar-refractivity contribution < 1.29 is 19.4 Å². The van der Waals surface area contributed by atoms with Crippen molar-refractivity contribution in [2.45, 2.75) is 51.0 Å². The largest absolute Gasteiger partial charge is 0.481 e. The average Bonchev–Trinajstić information content (AvgIpc) is 3.27. The van der Waals surface area contributed by atoms with Gasteiger partial charge in [0.15, 0.2) is 0 Å². The van der Waals surface area contributed by atoms with E-state index in [4.69, 9.17) is 9.84 Å². The molecule has 118 valence electrons. The van der Waals surface area contributed by atoms with Gasteiger partial charge in [-0.05, 0) is 18.3 Å². The molecule has 1 heterocycles. The summed E-state index contributed by atoms with van der Waals surface area (Å²) in [6.45, 7) is 1.52. The van der Waals surface area contributed by atoms with E-state index >= 15 is 0 Å². The number of aliphatic carboxylic acids is 1. The highest BCUT2D eigenvalue weighted by Gasteiger charge is 2.49. The minimum atomic E-state index is -0.860. The van der Waals surface area contributed by atoms with E-state index in [0.29, 0.717) is 25.6 Å². The first-order valence-electron chi connectivity index (χ1n) is 8.27. The Morgan fingerprint density at radius 1 is 1.19 bits per heavy atom. The quantitative estimate of drug-likeness (QED) is 0.860. The number of hydrogen-bond acceptors (Lipinski definition) is 3. The molecule has 0 aromatic carbocycles. The van der Waals surface area contributed by atoms with Crippen molar-refractivity contribution in [3.63, 3.8) is 0 Å². The summed E-state index contributed by atoms with van der Waals surface area (Å²) < 4.78 is 5.44. The summed E-state index contributed by atoms with van der Waals surface area (Å²) in [5, 5.41) is 8.84. The summed E-state index contributed by atoms with van der Waals surface area (Å²) in [5.74, 6) is 0.934. The van der Waals surface area contributed by atoms with Gasteiger partial charge in [0.25, 0.3) is 0 Å². The Morgan fingerprint density at radius 2 is 1.95 bits per heavy atom. The highest BCUT2D eigenvalue weighted by atomic mass is 16.5. The number of carbonyl (C=O) groups excluding carboxylic acids is 1. The van der Waals surface area contributed by atoms with E-state index < -0.39 is 5.97 Å². The van der Waals surface area contributed by atoms with Crippen LogP contribution in [0, 0.1) is 17.8 Å². The molecule has 1 saturated heterocycles. The smallest absolute Gasteiger partial charge is 0.306 e. The van der Waals surface area contributed by atoms with Crippen LogP contribution < -0.4 is 0 Å². The number of amides is 1. The van der Waals surface area contributed by atoms with Gasteiger partial charge in [-0.25, -0.2) is 0 Å². The predicted octanol–water partition coefficient (Wildman–Crippen LogP) is 1.90. The van der Waals surface area contributed by atoms with Crippen LogP contribution in [0.25, 0.3) is 0 Å². The normalized spacial score (nSPS) is 33.7. The van der Waals surface area contributed by atoms with E-state index in [2.05, 4.69) is 0 Å². The summed E-state index contributed by atoms with van der Waals surface area (Å²) in [6, 6.07) is 0. The van der Waals surface area contributed by atoms with E-state index in [1.807, 2.05) is 4.90 Å². The molecule has 5 nitrogen and oxygen atoms in total. The third kappa shape index (κ3) is 3.57. The van der Waals surface area contributed by atoms with E-state index in [-0.39, 0.29) is 24.3 Å². The van der Waals surface area contributed by atoms with E-state index in [9.17, 15) is 9.59 Å². The number of ether oxygens (including phenoxy) is 1. The minimum Gasteiger partial charge on any atom is -0.481 e. The first kappa shape index (κ1) is 14.8. The molecule has 2 aliphatic carbocycles. The molecule has 3 fully saturated rings. The van der Waals surface area contributed by atoms with Crippen LogP contribution in [0.1, 0.15) is 44.9 Å². The second kappa shape index (κ2) is 6.34. The van der Waals surface area contributed by atoms with Crippen molar-refractivity contribution in [2.24, 2.45) is 17.8 Å². The molecule has 0 aromatic heterocycles. The average molecular weight is 295 g/mol. The number of carboxylic acid groups (broad SMARTS) is 1. The van der Waals surface area contributed by atoms with Crippen molar-refractivity contribution >= 4 is 11.9 Å². The van der Waals surface area contributed by atoms with Gasteiger partial charge in [0, 0.05) is 19.0 Å². The molecule has 1 amide bonds. The molecule has 3 aliphatic rings. The zero-order chi connectivity index (χ0) is 14.8. The lowest BCUT2D eigenvalue weighted by atomic mass is 9.85. The molecule has 21 heavy (non-hydrogen) atoms. The molecule has 0 spiro atoms. The lowest BCUT2D eigenvalue weighted by Gasteiger charge is -2.33. The fourth-order valence-electron chi connectivity index (χ4n) is 4.05. The maximum atomic E-state index is 12.6. The van der Waals surface area contributed by atoms with Gasteiger partial charge in [-0.3, -0.25) is 9.59 Å². The fraction of sp³-hybridized carbons (Fsp3) is 0.875. The highest BCUT2D eigenvalue weighted by Crippen LogP contribution is 2.50.